The number of anilines is 2. The lowest BCUT2D eigenvalue weighted by molar-refractivity contribution is 0.476. The molecule has 3 heteroatoms. The molecule has 1 aliphatic carbocycles. The maximum absolute atomic E-state index is 11.2. The lowest BCUT2D eigenvalue weighted by atomic mass is 9.67. The summed E-state index contributed by atoms with van der Waals surface area (Å²) in [7, 11) is 0. The largest absolute Gasteiger partial charge is 0.506 e. The Bertz CT molecular complexity index is 1460. The van der Waals surface area contributed by atoms with Crippen molar-refractivity contribution < 1.29 is 5.11 Å². The van der Waals surface area contributed by atoms with Crippen molar-refractivity contribution in [2.45, 2.75) is 5.41 Å². The topological polar surface area (TPSA) is 32.3 Å². The van der Waals surface area contributed by atoms with Gasteiger partial charge in [0.2, 0.25) is 0 Å². The van der Waals surface area contributed by atoms with Gasteiger partial charge < -0.3 is 10.4 Å². The highest BCUT2D eigenvalue weighted by Gasteiger charge is 2.46. The van der Waals surface area contributed by atoms with Gasteiger partial charge in [-0.15, -0.1) is 0 Å². The molecule has 0 atom stereocenters. The predicted octanol–water partition coefficient (Wildman–Crippen LogP) is 8.15. The van der Waals surface area contributed by atoms with Gasteiger partial charge in [-0.1, -0.05) is 109 Å². The third kappa shape index (κ3) is 3.03. The van der Waals surface area contributed by atoms with Crippen LogP contribution in [-0.2, 0) is 5.41 Å². The van der Waals surface area contributed by atoms with E-state index in [1.165, 1.54) is 16.7 Å². The molecule has 2 N–H and O–H groups in total. The minimum absolute atomic E-state index is 0.183. The summed E-state index contributed by atoms with van der Waals surface area (Å²) in [5.41, 5.74) is 7.70. The molecule has 0 saturated carbocycles. The second-order valence-corrected chi connectivity index (χ2v) is 8.95. The van der Waals surface area contributed by atoms with Gasteiger partial charge in [0.1, 0.15) is 5.75 Å². The molecule has 0 saturated heterocycles. The first-order valence-corrected chi connectivity index (χ1v) is 11.7. The third-order valence-electron chi connectivity index (χ3n) is 6.72. The summed E-state index contributed by atoms with van der Waals surface area (Å²) in [6.07, 6.45) is 0. The average molecular weight is 460 g/mol. The number of hydrogen-bond donors (Lipinski definition) is 2. The van der Waals surface area contributed by atoms with Crippen LogP contribution in [0.2, 0.25) is 5.02 Å². The van der Waals surface area contributed by atoms with Crippen LogP contribution in [0, 0.1) is 0 Å². The Kier molecular flexibility index (Phi) is 4.90. The quantitative estimate of drug-likeness (QED) is 0.261. The van der Waals surface area contributed by atoms with Crippen molar-refractivity contribution in [2.75, 3.05) is 5.32 Å². The Balaban J connectivity index is 1.65. The van der Waals surface area contributed by atoms with Crippen LogP contribution < -0.4 is 5.32 Å². The molecular formula is C31H22ClNO. The Labute approximate surface area is 204 Å². The van der Waals surface area contributed by atoms with E-state index in [2.05, 4.69) is 78.1 Å². The Morgan fingerprint density at radius 1 is 0.559 bits per heavy atom. The van der Waals surface area contributed by atoms with E-state index >= 15 is 0 Å². The number of nitrogens with one attached hydrogen (secondary N) is 1. The molecule has 2 nitrogen and oxygen atoms in total. The maximum atomic E-state index is 11.2. The molecule has 34 heavy (non-hydrogen) atoms. The second-order valence-electron chi connectivity index (χ2n) is 8.55. The fraction of sp³-hybridized carbons (Fsp3) is 0.0323. The number of halogens is 1. The molecule has 0 spiro atoms. The number of phenols is 1. The number of fused-ring (bicyclic) bond motifs is 3. The van der Waals surface area contributed by atoms with E-state index in [0.29, 0.717) is 10.7 Å². The van der Waals surface area contributed by atoms with Crippen molar-refractivity contribution in [1.82, 2.24) is 0 Å². The first-order valence-electron chi connectivity index (χ1n) is 11.3. The van der Waals surface area contributed by atoms with E-state index in [0.717, 1.165) is 22.4 Å². The van der Waals surface area contributed by atoms with E-state index in [-0.39, 0.29) is 5.75 Å². The Morgan fingerprint density at radius 3 is 1.82 bits per heavy atom. The number of aromatic hydroxyl groups is 1. The van der Waals surface area contributed by atoms with E-state index in [4.69, 9.17) is 11.6 Å². The van der Waals surface area contributed by atoms with E-state index in [9.17, 15) is 5.11 Å². The first-order chi connectivity index (χ1) is 16.7. The zero-order valence-electron chi connectivity index (χ0n) is 18.4. The fourth-order valence-corrected chi connectivity index (χ4v) is 5.47. The molecule has 0 bridgehead atoms. The highest BCUT2D eigenvalue weighted by atomic mass is 35.5. The molecular weight excluding hydrogens is 438 g/mol. The van der Waals surface area contributed by atoms with Gasteiger partial charge in [0.15, 0.2) is 0 Å². The van der Waals surface area contributed by atoms with Crippen LogP contribution in [0.25, 0.3) is 11.1 Å². The maximum Gasteiger partial charge on any atom is 0.139 e. The summed E-state index contributed by atoms with van der Waals surface area (Å²) < 4.78 is 0. The smallest absolute Gasteiger partial charge is 0.139 e. The summed E-state index contributed by atoms with van der Waals surface area (Å²) in [6, 6.07) is 41.1. The van der Waals surface area contributed by atoms with Crippen LogP contribution in [0.15, 0.2) is 121 Å². The third-order valence-corrected chi connectivity index (χ3v) is 7.05. The van der Waals surface area contributed by atoms with Crippen molar-refractivity contribution >= 4 is 23.0 Å². The van der Waals surface area contributed by atoms with Crippen molar-refractivity contribution in [2.24, 2.45) is 0 Å². The lowest BCUT2D eigenvalue weighted by Crippen LogP contribution is -2.28. The van der Waals surface area contributed by atoms with Crippen LogP contribution in [-0.4, -0.2) is 5.11 Å². The molecule has 0 aliphatic heterocycles. The molecule has 0 unspecified atom stereocenters. The summed E-state index contributed by atoms with van der Waals surface area (Å²) in [4.78, 5) is 0. The predicted molar refractivity (Wildman–Crippen MR) is 140 cm³/mol. The highest BCUT2D eigenvalue weighted by Crippen LogP contribution is 2.57. The van der Waals surface area contributed by atoms with Crippen LogP contribution in [0.4, 0.5) is 11.4 Å². The summed E-state index contributed by atoms with van der Waals surface area (Å²) in [6.45, 7) is 0. The van der Waals surface area contributed by atoms with Gasteiger partial charge >= 0.3 is 0 Å². The SMILES string of the molecule is Oc1cc2c(cc1Nc1ccccc1Cl)-c1ccccc1C2(c1ccccc1)c1ccccc1. The van der Waals surface area contributed by atoms with E-state index < -0.39 is 5.41 Å². The van der Waals surface area contributed by atoms with Crippen molar-refractivity contribution in [3.63, 3.8) is 0 Å². The van der Waals surface area contributed by atoms with Gasteiger partial charge in [0, 0.05) is 0 Å². The van der Waals surface area contributed by atoms with Crippen LogP contribution in [0.5, 0.6) is 5.75 Å². The minimum atomic E-state index is -0.533. The number of rotatable bonds is 4. The number of benzene rings is 5. The molecule has 0 fully saturated rings. The minimum Gasteiger partial charge on any atom is -0.506 e. The normalized spacial score (nSPS) is 13.2. The molecule has 0 heterocycles. The Hall–Kier alpha value is -4.01. The van der Waals surface area contributed by atoms with Gasteiger partial charge in [-0.25, -0.2) is 0 Å². The summed E-state index contributed by atoms with van der Waals surface area (Å²) in [5, 5.41) is 15.2. The molecule has 164 valence electrons. The molecule has 0 aromatic heterocycles. The van der Waals surface area contributed by atoms with Crippen molar-refractivity contribution in [1.29, 1.82) is 0 Å². The van der Waals surface area contributed by atoms with Gasteiger partial charge in [0.25, 0.3) is 0 Å². The van der Waals surface area contributed by atoms with E-state index in [1.807, 2.05) is 48.5 Å². The molecule has 6 rings (SSSR count). The lowest BCUT2D eigenvalue weighted by Gasteiger charge is -2.34. The fourth-order valence-electron chi connectivity index (χ4n) is 5.28. The standard InChI is InChI=1S/C31H22ClNO/c32-27-17-9-10-18-28(27)33-29-19-24-23-15-7-8-16-25(23)31(26(24)20-30(29)34,21-11-3-1-4-12-21)22-13-5-2-6-14-22/h1-20,33-34H. The summed E-state index contributed by atoms with van der Waals surface area (Å²) >= 11 is 6.39. The Morgan fingerprint density at radius 2 is 1.15 bits per heavy atom. The highest BCUT2D eigenvalue weighted by molar-refractivity contribution is 6.33. The zero-order valence-corrected chi connectivity index (χ0v) is 19.1. The van der Waals surface area contributed by atoms with Crippen molar-refractivity contribution in [3.05, 3.63) is 149 Å². The van der Waals surface area contributed by atoms with Gasteiger partial charge in [-0.3, -0.25) is 0 Å². The second kappa shape index (κ2) is 8.09. The monoisotopic (exact) mass is 459 g/mol. The van der Waals surface area contributed by atoms with Gasteiger partial charge in [-0.05, 0) is 57.6 Å². The first kappa shape index (κ1) is 20.6. The number of phenolic OH excluding ortho intramolecular Hbond substituents is 1. The molecule has 0 radical (unpaired) electrons. The zero-order chi connectivity index (χ0) is 23.1. The van der Waals surface area contributed by atoms with Gasteiger partial charge in [0.05, 0.1) is 21.8 Å². The average Bonchev–Trinajstić information content (AvgIpc) is 3.17. The molecule has 0 amide bonds. The van der Waals surface area contributed by atoms with Crippen LogP contribution >= 0.6 is 11.6 Å². The van der Waals surface area contributed by atoms with E-state index in [1.54, 1.807) is 0 Å². The summed E-state index contributed by atoms with van der Waals surface area (Å²) in [5.74, 6) is 0.183. The van der Waals surface area contributed by atoms with Crippen molar-refractivity contribution in [3.8, 4) is 16.9 Å². The number of hydrogen-bond acceptors (Lipinski definition) is 2. The molecule has 1 aliphatic rings. The van der Waals surface area contributed by atoms with Crippen LogP contribution in [0.1, 0.15) is 22.3 Å². The molecule has 5 aromatic carbocycles. The van der Waals surface area contributed by atoms with Crippen LogP contribution in [0.3, 0.4) is 0 Å². The van der Waals surface area contributed by atoms with Gasteiger partial charge in [-0.2, -0.15) is 0 Å². The molecule has 5 aromatic rings. The number of para-hydroxylation sites is 1.